The van der Waals surface area contributed by atoms with Gasteiger partial charge in [-0.2, -0.15) is 0 Å². The van der Waals surface area contributed by atoms with Gasteiger partial charge < -0.3 is 20.3 Å². The van der Waals surface area contributed by atoms with E-state index < -0.39 is 6.04 Å². The Bertz CT molecular complexity index is 282. The monoisotopic (exact) mass is 198 g/mol. The topological polar surface area (TPSA) is 77.6 Å². The molecule has 1 rings (SSSR count). The van der Waals surface area contributed by atoms with Crippen molar-refractivity contribution >= 4 is 0 Å². The highest BCUT2D eigenvalue weighted by Crippen LogP contribution is 2.21. The number of rotatable bonds is 4. The van der Waals surface area contributed by atoms with E-state index in [0.717, 1.165) is 0 Å². The van der Waals surface area contributed by atoms with Gasteiger partial charge in [-0.15, -0.1) is 0 Å². The average Bonchev–Trinajstić information content (AvgIpc) is 2.27. The molecule has 0 radical (unpaired) electrons. The van der Waals surface area contributed by atoms with Gasteiger partial charge in [-0.1, -0.05) is 0 Å². The number of ether oxygens (including phenoxy) is 2. The van der Waals surface area contributed by atoms with Gasteiger partial charge in [0.05, 0.1) is 32.6 Å². The van der Waals surface area contributed by atoms with E-state index in [0.29, 0.717) is 17.3 Å². The lowest BCUT2D eigenvalue weighted by atomic mass is 10.2. The first-order valence-electron chi connectivity index (χ1n) is 4.17. The van der Waals surface area contributed by atoms with E-state index in [9.17, 15) is 0 Å². The van der Waals surface area contributed by atoms with Gasteiger partial charge in [-0.25, -0.2) is 4.98 Å². The maximum atomic E-state index is 8.87. The van der Waals surface area contributed by atoms with E-state index in [1.165, 1.54) is 7.11 Å². The van der Waals surface area contributed by atoms with Crippen LogP contribution in [0.25, 0.3) is 0 Å². The highest BCUT2D eigenvalue weighted by atomic mass is 16.5. The molecule has 5 heteroatoms. The summed E-state index contributed by atoms with van der Waals surface area (Å²) in [5.41, 5.74) is 6.16. The van der Waals surface area contributed by atoms with Crippen molar-refractivity contribution in [3.05, 3.63) is 17.8 Å². The van der Waals surface area contributed by atoms with Crippen LogP contribution in [-0.4, -0.2) is 30.9 Å². The van der Waals surface area contributed by atoms with Crippen LogP contribution in [0, 0.1) is 0 Å². The molecule has 0 saturated heterocycles. The zero-order valence-electron chi connectivity index (χ0n) is 8.23. The second-order valence-corrected chi connectivity index (χ2v) is 2.76. The minimum atomic E-state index is -0.515. The summed E-state index contributed by atoms with van der Waals surface area (Å²) in [5, 5.41) is 8.87. The molecule has 0 spiro atoms. The Morgan fingerprint density at radius 1 is 1.43 bits per heavy atom. The molecule has 0 saturated carbocycles. The Hall–Kier alpha value is -1.33. The minimum absolute atomic E-state index is 0.163. The third-order valence-electron chi connectivity index (χ3n) is 1.82. The molecular weight excluding hydrogens is 184 g/mol. The van der Waals surface area contributed by atoms with Crippen molar-refractivity contribution in [2.75, 3.05) is 20.8 Å². The van der Waals surface area contributed by atoms with Crippen LogP contribution in [0.2, 0.25) is 0 Å². The summed E-state index contributed by atoms with van der Waals surface area (Å²) in [6, 6.07) is 2.80. The molecular formula is C9H14N2O3. The molecule has 1 aromatic rings. The molecule has 78 valence electrons. The standard InChI is InChI=1S/C9H14N2O3/c1-13-6-3-8(7(10)5-12)11-9(4-6)14-2/h3-4,7,12H,5,10H2,1-2H3. The molecule has 1 atom stereocenters. The predicted molar refractivity (Wildman–Crippen MR) is 51.4 cm³/mol. The van der Waals surface area contributed by atoms with Gasteiger partial charge in [-0.05, 0) is 0 Å². The largest absolute Gasteiger partial charge is 0.496 e. The summed E-state index contributed by atoms with van der Waals surface area (Å²) in [5.74, 6) is 1.03. The summed E-state index contributed by atoms with van der Waals surface area (Å²) in [6.45, 7) is -0.163. The van der Waals surface area contributed by atoms with E-state index in [2.05, 4.69) is 4.98 Å². The average molecular weight is 198 g/mol. The van der Waals surface area contributed by atoms with Crippen LogP contribution in [0.3, 0.4) is 0 Å². The van der Waals surface area contributed by atoms with Gasteiger partial charge in [0.2, 0.25) is 5.88 Å². The van der Waals surface area contributed by atoms with Gasteiger partial charge in [0, 0.05) is 12.1 Å². The smallest absolute Gasteiger partial charge is 0.216 e. The van der Waals surface area contributed by atoms with Gasteiger partial charge >= 0.3 is 0 Å². The molecule has 0 aromatic carbocycles. The van der Waals surface area contributed by atoms with Crippen LogP contribution in [-0.2, 0) is 0 Å². The second-order valence-electron chi connectivity index (χ2n) is 2.76. The fourth-order valence-corrected chi connectivity index (χ4v) is 1.01. The molecule has 1 aromatic heterocycles. The SMILES string of the molecule is COc1cc(OC)nc(C(N)CO)c1. The first-order chi connectivity index (χ1) is 6.71. The quantitative estimate of drug-likeness (QED) is 0.717. The van der Waals surface area contributed by atoms with Crippen molar-refractivity contribution in [1.82, 2.24) is 4.98 Å². The van der Waals surface area contributed by atoms with Crippen molar-refractivity contribution in [2.24, 2.45) is 5.73 Å². The maximum absolute atomic E-state index is 8.87. The van der Waals surface area contributed by atoms with Gasteiger partial charge in [-0.3, -0.25) is 0 Å². The normalized spacial score (nSPS) is 12.3. The molecule has 1 unspecified atom stereocenters. The second kappa shape index (κ2) is 4.78. The number of pyridine rings is 1. The zero-order chi connectivity index (χ0) is 10.6. The van der Waals surface area contributed by atoms with Crippen molar-refractivity contribution in [3.63, 3.8) is 0 Å². The lowest BCUT2D eigenvalue weighted by molar-refractivity contribution is 0.264. The molecule has 5 nitrogen and oxygen atoms in total. The number of aliphatic hydroxyl groups is 1. The Kier molecular flexibility index (Phi) is 3.67. The third-order valence-corrected chi connectivity index (χ3v) is 1.82. The summed E-state index contributed by atoms with van der Waals surface area (Å²) in [4.78, 5) is 4.08. The van der Waals surface area contributed by atoms with Crippen molar-refractivity contribution in [2.45, 2.75) is 6.04 Å². The first kappa shape index (κ1) is 10.7. The lowest BCUT2D eigenvalue weighted by Crippen LogP contribution is -2.16. The van der Waals surface area contributed by atoms with Crippen LogP contribution in [0.15, 0.2) is 12.1 Å². The van der Waals surface area contributed by atoms with Crippen LogP contribution in [0.4, 0.5) is 0 Å². The number of hydrogen-bond donors (Lipinski definition) is 2. The predicted octanol–water partition coefficient (Wildman–Crippen LogP) is 0.0909. The summed E-state index contributed by atoms with van der Waals surface area (Å²) in [7, 11) is 3.05. The van der Waals surface area contributed by atoms with Gasteiger partial charge in [0.1, 0.15) is 5.75 Å². The summed E-state index contributed by atoms with van der Waals surface area (Å²) in [6.07, 6.45) is 0. The highest BCUT2D eigenvalue weighted by Gasteiger charge is 2.09. The van der Waals surface area contributed by atoms with Crippen molar-refractivity contribution in [1.29, 1.82) is 0 Å². The van der Waals surface area contributed by atoms with Crippen LogP contribution in [0.5, 0.6) is 11.6 Å². The molecule has 1 heterocycles. The third kappa shape index (κ3) is 2.34. The van der Waals surface area contributed by atoms with E-state index in [1.807, 2.05) is 0 Å². The minimum Gasteiger partial charge on any atom is -0.496 e. The van der Waals surface area contributed by atoms with E-state index in [4.69, 9.17) is 20.3 Å². The van der Waals surface area contributed by atoms with E-state index >= 15 is 0 Å². The molecule has 0 aliphatic carbocycles. The number of aromatic nitrogens is 1. The number of hydrogen-bond acceptors (Lipinski definition) is 5. The lowest BCUT2D eigenvalue weighted by Gasteiger charge is -2.10. The fraction of sp³-hybridized carbons (Fsp3) is 0.444. The van der Waals surface area contributed by atoms with Crippen molar-refractivity contribution < 1.29 is 14.6 Å². The number of methoxy groups -OCH3 is 2. The van der Waals surface area contributed by atoms with Crippen molar-refractivity contribution in [3.8, 4) is 11.6 Å². The van der Waals surface area contributed by atoms with Crippen LogP contribution < -0.4 is 15.2 Å². The fourth-order valence-electron chi connectivity index (χ4n) is 1.01. The van der Waals surface area contributed by atoms with Gasteiger partial charge in [0.25, 0.3) is 0 Å². The van der Waals surface area contributed by atoms with E-state index in [1.54, 1.807) is 19.2 Å². The molecule has 0 aliphatic heterocycles. The van der Waals surface area contributed by atoms with E-state index in [-0.39, 0.29) is 6.61 Å². The molecule has 0 amide bonds. The Balaban J connectivity index is 3.04. The molecule has 0 bridgehead atoms. The first-order valence-corrected chi connectivity index (χ1v) is 4.17. The highest BCUT2D eigenvalue weighted by molar-refractivity contribution is 5.31. The number of aliphatic hydroxyl groups excluding tert-OH is 1. The Morgan fingerprint density at radius 2 is 2.14 bits per heavy atom. The number of nitrogens with two attached hydrogens (primary N) is 1. The molecule has 3 N–H and O–H groups in total. The maximum Gasteiger partial charge on any atom is 0.216 e. The molecule has 0 fully saturated rings. The van der Waals surface area contributed by atoms with Gasteiger partial charge in [0.15, 0.2) is 0 Å². The Labute approximate surface area is 82.5 Å². The number of nitrogens with zero attached hydrogens (tertiary/aromatic N) is 1. The summed E-state index contributed by atoms with van der Waals surface area (Å²) < 4.78 is 10.00. The zero-order valence-corrected chi connectivity index (χ0v) is 8.23. The Morgan fingerprint density at radius 3 is 2.64 bits per heavy atom. The molecule has 14 heavy (non-hydrogen) atoms. The van der Waals surface area contributed by atoms with Crippen LogP contribution >= 0.6 is 0 Å². The van der Waals surface area contributed by atoms with Crippen LogP contribution in [0.1, 0.15) is 11.7 Å². The molecule has 0 aliphatic rings. The summed E-state index contributed by atoms with van der Waals surface area (Å²) >= 11 is 0.